The highest BCUT2D eigenvalue weighted by Gasteiger charge is 2.24. The molecule has 0 unspecified atom stereocenters. The van der Waals surface area contributed by atoms with Crippen LogP contribution in [0.15, 0.2) is 39.1 Å². The second-order valence-electron chi connectivity index (χ2n) is 5.64. The van der Waals surface area contributed by atoms with Crippen molar-refractivity contribution in [2.75, 3.05) is 44.1 Å². The molecule has 1 aliphatic heterocycles. The number of hydrogen-bond acceptors (Lipinski definition) is 5. The van der Waals surface area contributed by atoms with Crippen molar-refractivity contribution in [2.45, 2.75) is 11.8 Å². The van der Waals surface area contributed by atoms with E-state index in [1.165, 1.54) is 0 Å². The van der Waals surface area contributed by atoms with Gasteiger partial charge in [-0.15, -0.1) is 23.5 Å². The molecule has 2 rings (SSSR count). The molecule has 0 saturated carbocycles. The van der Waals surface area contributed by atoms with Crippen LogP contribution in [0.25, 0.3) is 0 Å². The van der Waals surface area contributed by atoms with E-state index in [0.29, 0.717) is 18.1 Å². The number of likely N-dealkylation sites (N-methyl/N-ethyl adjacent to an activating group) is 1. The highest BCUT2D eigenvalue weighted by molar-refractivity contribution is 8.03. The number of amides is 1. The Morgan fingerprint density at radius 2 is 2.25 bits per heavy atom. The fraction of sp³-hybridized carbons (Fsp3) is 0.412. The normalized spacial score (nSPS) is 15.9. The number of aliphatic imine (C=N–C) groups is 1. The molecule has 5 nitrogen and oxygen atoms in total. The van der Waals surface area contributed by atoms with Gasteiger partial charge in [-0.05, 0) is 45.5 Å². The summed E-state index contributed by atoms with van der Waals surface area (Å²) in [7, 11) is 4.02. The van der Waals surface area contributed by atoms with Crippen LogP contribution >= 0.6 is 23.5 Å². The molecule has 7 heteroatoms. The van der Waals surface area contributed by atoms with E-state index in [2.05, 4.69) is 9.89 Å². The molecule has 0 spiro atoms. The molecule has 0 aliphatic carbocycles. The van der Waals surface area contributed by atoms with Crippen LogP contribution in [0.4, 0.5) is 11.4 Å². The second kappa shape index (κ2) is 8.60. The predicted octanol–water partition coefficient (Wildman–Crippen LogP) is 2.94. The zero-order chi connectivity index (χ0) is 17.7. The Morgan fingerprint density at radius 3 is 2.88 bits per heavy atom. The van der Waals surface area contributed by atoms with Crippen molar-refractivity contribution >= 4 is 46.6 Å². The van der Waals surface area contributed by atoms with Crippen molar-refractivity contribution in [3.8, 4) is 0 Å². The fourth-order valence-electron chi connectivity index (χ4n) is 2.37. The van der Waals surface area contributed by atoms with E-state index < -0.39 is 0 Å². The maximum Gasteiger partial charge on any atom is 0.237 e. The molecule has 24 heavy (non-hydrogen) atoms. The first kappa shape index (κ1) is 18.9. The van der Waals surface area contributed by atoms with Crippen LogP contribution in [0.5, 0.6) is 0 Å². The highest BCUT2D eigenvalue weighted by Crippen LogP contribution is 2.37. The average Bonchev–Trinajstić information content (AvgIpc) is 2.55. The zero-order valence-corrected chi connectivity index (χ0v) is 16.2. The third kappa shape index (κ3) is 4.55. The summed E-state index contributed by atoms with van der Waals surface area (Å²) in [6.45, 7) is 3.48. The van der Waals surface area contributed by atoms with Crippen LogP contribution in [-0.2, 0) is 4.79 Å². The first-order valence-corrected chi connectivity index (χ1v) is 9.94. The number of nitrogens with two attached hydrogens (primary N) is 1. The Bertz CT molecular complexity index is 671. The maximum absolute atomic E-state index is 12.2. The quantitative estimate of drug-likeness (QED) is 0.621. The molecule has 130 valence electrons. The topological polar surface area (TPSA) is 61.9 Å². The standard InChI is InChI=1S/C17H24N4OS2/c1-5-14(23-4)17(18)19-12-6-7-13-15(10-12)24-11-16(22)21(13)9-8-20(2)3/h5-7,10H,8-9,11H2,1-4H3,(H2,18,19). The number of allylic oxidation sites excluding steroid dienone is 1. The van der Waals surface area contributed by atoms with Crippen molar-refractivity contribution in [3.05, 3.63) is 29.2 Å². The summed E-state index contributed by atoms with van der Waals surface area (Å²) in [5, 5.41) is 0. The van der Waals surface area contributed by atoms with Crippen molar-refractivity contribution in [1.29, 1.82) is 0 Å². The number of hydrogen-bond donors (Lipinski definition) is 1. The Kier molecular flexibility index (Phi) is 6.77. The lowest BCUT2D eigenvalue weighted by atomic mass is 10.2. The highest BCUT2D eigenvalue weighted by atomic mass is 32.2. The lowest BCUT2D eigenvalue weighted by Gasteiger charge is -2.30. The van der Waals surface area contributed by atoms with Gasteiger partial charge < -0.3 is 15.5 Å². The Hall–Kier alpha value is -1.44. The molecule has 0 bridgehead atoms. The molecule has 1 aromatic carbocycles. The monoisotopic (exact) mass is 364 g/mol. The largest absolute Gasteiger partial charge is 0.383 e. The zero-order valence-electron chi connectivity index (χ0n) is 14.6. The molecule has 1 amide bonds. The summed E-state index contributed by atoms with van der Waals surface area (Å²) in [5.41, 5.74) is 7.84. The minimum atomic E-state index is 0.156. The summed E-state index contributed by atoms with van der Waals surface area (Å²) in [6, 6.07) is 5.90. The number of anilines is 1. The minimum Gasteiger partial charge on any atom is -0.383 e. The molecule has 0 saturated heterocycles. The molecule has 1 heterocycles. The third-order valence-corrected chi connectivity index (χ3v) is 5.56. The Balaban J connectivity index is 2.27. The van der Waals surface area contributed by atoms with Gasteiger partial charge in [0.2, 0.25) is 5.91 Å². The first-order valence-electron chi connectivity index (χ1n) is 7.73. The van der Waals surface area contributed by atoms with Crippen LogP contribution in [0.1, 0.15) is 6.92 Å². The number of carbonyl (C=O) groups excluding carboxylic acids is 1. The Labute approximate surface area is 152 Å². The summed E-state index contributed by atoms with van der Waals surface area (Å²) >= 11 is 3.14. The molecule has 0 aromatic heterocycles. The number of nitrogens with zero attached hydrogens (tertiary/aromatic N) is 3. The Morgan fingerprint density at radius 1 is 1.50 bits per heavy atom. The van der Waals surface area contributed by atoms with E-state index in [-0.39, 0.29) is 5.91 Å². The van der Waals surface area contributed by atoms with Crippen molar-refractivity contribution in [2.24, 2.45) is 10.7 Å². The van der Waals surface area contributed by atoms with Gasteiger partial charge in [-0.1, -0.05) is 6.08 Å². The van der Waals surface area contributed by atoms with Gasteiger partial charge in [0.25, 0.3) is 0 Å². The smallest absolute Gasteiger partial charge is 0.237 e. The van der Waals surface area contributed by atoms with E-state index in [0.717, 1.165) is 27.7 Å². The van der Waals surface area contributed by atoms with E-state index in [9.17, 15) is 4.79 Å². The van der Waals surface area contributed by atoms with Gasteiger partial charge in [0.1, 0.15) is 5.84 Å². The van der Waals surface area contributed by atoms with Gasteiger partial charge in [0.05, 0.1) is 17.1 Å². The number of amidine groups is 1. The second-order valence-corrected chi connectivity index (χ2v) is 7.51. The van der Waals surface area contributed by atoms with Gasteiger partial charge >= 0.3 is 0 Å². The molecule has 0 fully saturated rings. The molecular weight excluding hydrogens is 340 g/mol. The summed E-state index contributed by atoms with van der Waals surface area (Å²) in [6.07, 6.45) is 3.94. The van der Waals surface area contributed by atoms with E-state index in [4.69, 9.17) is 5.73 Å². The lowest BCUT2D eigenvalue weighted by molar-refractivity contribution is -0.116. The first-order chi connectivity index (χ1) is 11.5. The van der Waals surface area contributed by atoms with E-state index >= 15 is 0 Å². The number of rotatable bonds is 6. The van der Waals surface area contributed by atoms with Gasteiger partial charge in [-0.2, -0.15) is 0 Å². The lowest BCUT2D eigenvalue weighted by Crippen LogP contribution is -2.39. The van der Waals surface area contributed by atoms with Gasteiger partial charge in [0.15, 0.2) is 0 Å². The number of thioether (sulfide) groups is 2. The van der Waals surface area contributed by atoms with Crippen LogP contribution in [0.3, 0.4) is 0 Å². The van der Waals surface area contributed by atoms with Gasteiger partial charge in [-0.25, -0.2) is 4.99 Å². The number of benzene rings is 1. The summed E-state index contributed by atoms with van der Waals surface area (Å²) in [4.78, 5) is 22.7. The molecule has 0 radical (unpaired) electrons. The average molecular weight is 365 g/mol. The van der Waals surface area contributed by atoms with E-state index in [1.807, 2.05) is 56.4 Å². The fourth-order valence-corrected chi connectivity index (χ4v) is 3.83. The van der Waals surface area contributed by atoms with Gasteiger partial charge in [-0.3, -0.25) is 4.79 Å². The van der Waals surface area contributed by atoms with Crippen LogP contribution in [0.2, 0.25) is 0 Å². The molecule has 1 aliphatic rings. The molecule has 1 aromatic rings. The number of fused-ring (bicyclic) bond motifs is 1. The molecule has 0 atom stereocenters. The third-order valence-electron chi connectivity index (χ3n) is 3.64. The van der Waals surface area contributed by atoms with Crippen LogP contribution in [0, 0.1) is 0 Å². The van der Waals surface area contributed by atoms with Gasteiger partial charge in [0, 0.05) is 22.9 Å². The number of carbonyl (C=O) groups is 1. The molecular formula is C17H24N4OS2. The van der Waals surface area contributed by atoms with Crippen molar-refractivity contribution in [3.63, 3.8) is 0 Å². The van der Waals surface area contributed by atoms with Crippen LogP contribution < -0.4 is 10.6 Å². The predicted molar refractivity (Wildman–Crippen MR) is 107 cm³/mol. The SMILES string of the molecule is CC=C(SC)C(N)=Nc1ccc2c(c1)SCC(=O)N2CCN(C)C. The minimum absolute atomic E-state index is 0.156. The van der Waals surface area contributed by atoms with Crippen molar-refractivity contribution < 1.29 is 4.79 Å². The molecule has 2 N–H and O–H groups in total. The summed E-state index contributed by atoms with van der Waals surface area (Å²) in [5.74, 6) is 1.14. The summed E-state index contributed by atoms with van der Waals surface area (Å²) < 4.78 is 0. The van der Waals surface area contributed by atoms with Crippen molar-refractivity contribution in [1.82, 2.24) is 4.90 Å². The van der Waals surface area contributed by atoms with E-state index in [1.54, 1.807) is 23.5 Å². The van der Waals surface area contributed by atoms with Crippen LogP contribution in [-0.4, -0.2) is 55.8 Å². The maximum atomic E-state index is 12.2.